The van der Waals surface area contributed by atoms with E-state index >= 15 is 0 Å². The van der Waals surface area contributed by atoms with Crippen LogP contribution >= 0.6 is 0 Å². The Morgan fingerprint density at radius 2 is 1.83 bits per heavy atom. The molecule has 2 aromatic rings. The van der Waals surface area contributed by atoms with Crippen LogP contribution in [0.1, 0.15) is 22.5 Å². The molecule has 1 amide bonds. The highest BCUT2D eigenvalue weighted by atomic mass is 16.1. The second-order valence-electron chi connectivity index (χ2n) is 5.88. The first kappa shape index (κ1) is 17.9. The number of carbonyl (C=O) groups is 1. The number of nitrogens with zero attached hydrogens (tertiary/aromatic N) is 3. The third kappa shape index (κ3) is 6.34. The van der Waals surface area contributed by atoms with Crippen molar-refractivity contribution in [2.75, 3.05) is 39.0 Å². The summed E-state index contributed by atoms with van der Waals surface area (Å²) < 4.78 is 0. The number of aryl methyl sites for hydroxylation is 1. The Morgan fingerprint density at radius 3 is 2.50 bits per heavy atom. The molecule has 6 nitrogen and oxygen atoms in total. The maximum Gasteiger partial charge on any atom is 0.271 e. The Bertz CT molecular complexity index is 613. The van der Waals surface area contributed by atoms with Gasteiger partial charge >= 0.3 is 0 Å². The Hall–Kier alpha value is -2.47. The molecular weight excluding hydrogens is 302 g/mol. The molecule has 1 aromatic heterocycles. The summed E-state index contributed by atoms with van der Waals surface area (Å²) in [6.07, 6.45) is 2.03. The minimum absolute atomic E-state index is 0.194. The SMILES string of the molecule is CN(C)CCNC(=O)c1ccc(NCCCc2ccccc2)nn1. The highest BCUT2D eigenvalue weighted by molar-refractivity contribution is 5.92. The number of aromatic nitrogens is 2. The molecule has 0 atom stereocenters. The topological polar surface area (TPSA) is 70.2 Å². The molecule has 1 heterocycles. The molecule has 0 fully saturated rings. The zero-order valence-corrected chi connectivity index (χ0v) is 14.3. The minimum Gasteiger partial charge on any atom is -0.369 e. The third-order valence-electron chi connectivity index (χ3n) is 3.53. The first-order chi connectivity index (χ1) is 11.6. The van der Waals surface area contributed by atoms with Gasteiger partial charge in [0.2, 0.25) is 0 Å². The van der Waals surface area contributed by atoms with E-state index in [2.05, 4.69) is 45.1 Å². The van der Waals surface area contributed by atoms with Gasteiger partial charge in [0.05, 0.1) is 0 Å². The third-order valence-corrected chi connectivity index (χ3v) is 3.53. The van der Waals surface area contributed by atoms with Crippen molar-refractivity contribution in [3.8, 4) is 0 Å². The Kier molecular flexibility index (Phi) is 7.17. The molecule has 0 aliphatic rings. The van der Waals surface area contributed by atoms with E-state index in [0.29, 0.717) is 18.1 Å². The summed E-state index contributed by atoms with van der Waals surface area (Å²) in [5.41, 5.74) is 1.67. The molecule has 0 aliphatic heterocycles. The van der Waals surface area contributed by atoms with Gasteiger partial charge in [-0.05, 0) is 44.6 Å². The van der Waals surface area contributed by atoms with E-state index in [9.17, 15) is 4.79 Å². The van der Waals surface area contributed by atoms with Crippen molar-refractivity contribution in [2.45, 2.75) is 12.8 Å². The maximum absolute atomic E-state index is 11.9. The van der Waals surface area contributed by atoms with E-state index in [1.807, 2.05) is 25.1 Å². The zero-order chi connectivity index (χ0) is 17.2. The molecule has 6 heteroatoms. The standard InChI is InChI=1S/C18H25N5O/c1-23(2)14-13-20-18(24)16-10-11-17(22-21-16)19-12-6-9-15-7-4-3-5-8-15/h3-5,7-8,10-11H,6,9,12-14H2,1-2H3,(H,19,22)(H,20,24). The largest absolute Gasteiger partial charge is 0.369 e. The number of anilines is 1. The van der Waals surface area contributed by atoms with Crippen LogP contribution < -0.4 is 10.6 Å². The average Bonchev–Trinajstić information content (AvgIpc) is 2.60. The van der Waals surface area contributed by atoms with Crippen LogP contribution in [0.25, 0.3) is 0 Å². The van der Waals surface area contributed by atoms with Crippen molar-refractivity contribution in [1.82, 2.24) is 20.4 Å². The van der Waals surface area contributed by atoms with Gasteiger partial charge in [-0.2, -0.15) is 0 Å². The summed E-state index contributed by atoms with van der Waals surface area (Å²) in [7, 11) is 3.93. The lowest BCUT2D eigenvalue weighted by molar-refractivity contribution is 0.0945. The van der Waals surface area contributed by atoms with Crippen molar-refractivity contribution in [3.05, 3.63) is 53.7 Å². The number of nitrogens with one attached hydrogen (secondary N) is 2. The van der Waals surface area contributed by atoms with Crippen LogP contribution in [0.3, 0.4) is 0 Å². The number of amides is 1. The summed E-state index contributed by atoms with van der Waals surface area (Å²) in [6.45, 7) is 2.20. The monoisotopic (exact) mass is 327 g/mol. The van der Waals surface area contributed by atoms with Crippen LogP contribution in [-0.4, -0.2) is 54.7 Å². The summed E-state index contributed by atoms with van der Waals surface area (Å²) >= 11 is 0. The number of benzene rings is 1. The van der Waals surface area contributed by atoms with Crippen LogP contribution in [0.4, 0.5) is 5.82 Å². The van der Waals surface area contributed by atoms with E-state index in [1.165, 1.54) is 5.56 Å². The molecule has 128 valence electrons. The van der Waals surface area contributed by atoms with Crippen molar-refractivity contribution in [1.29, 1.82) is 0 Å². The van der Waals surface area contributed by atoms with Crippen LogP contribution in [-0.2, 0) is 6.42 Å². The van der Waals surface area contributed by atoms with Gasteiger partial charge in [-0.25, -0.2) is 0 Å². The lowest BCUT2D eigenvalue weighted by Crippen LogP contribution is -2.31. The van der Waals surface area contributed by atoms with Crippen LogP contribution in [0.5, 0.6) is 0 Å². The van der Waals surface area contributed by atoms with E-state index in [4.69, 9.17) is 0 Å². The highest BCUT2D eigenvalue weighted by Gasteiger charge is 2.07. The molecule has 2 N–H and O–H groups in total. The summed E-state index contributed by atoms with van der Waals surface area (Å²) in [5, 5.41) is 14.1. The van der Waals surface area contributed by atoms with Gasteiger partial charge in [-0.15, -0.1) is 10.2 Å². The smallest absolute Gasteiger partial charge is 0.271 e. The van der Waals surface area contributed by atoms with E-state index < -0.39 is 0 Å². The summed E-state index contributed by atoms with van der Waals surface area (Å²) in [6, 6.07) is 13.9. The normalized spacial score (nSPS) is 10.6. The van der Waals surface area contributed by atoms with Crippen LogP contribution in [0.2, 0.25) is 0 Å². The van der Waals surface area contributed by atoms with Crippen molar-refractivity contribution < 1.29 is 4.79 Å². The molecule has 24 heavy (non-hydrogen) atoms. The van der Waals surface area contributed by atoms with Gasteiger partial charge in [-0.1, -0.05) is 30.3 Å². The predicted molar refractivity (Wildman–Crippen MR) is 96.2 cm³/mol. The van der Waals surface area contributed by atoms with Crippen molar-refractivity contribution in [3.63, 3.8) is 0 Å². The Balaban J connectivity index is 1.70. The zero-order valence-electron chi connectivity index (χ0n) is 14.3. The first-order valence-electron chi connectivity index (χ1n) is 8.19. The number of carbonyl (C=O) groups excluding carboxylic acids is 1. The molecule has 0 spiro atoms. The fourth-order valence-electron chi connectivity index (χ4n) is 2.18. The summed E-state index contributed by atoms with van der Waals surface area (Å²) in [4.78, 5) is 13.9. The first-order valence-corrected chi connectivity index (χ1v) is 8.19. The minimum atomic E-state index is -0.194. The molecule has 1 aromatic carbocycles. The van der Waals surface area contributed by atoms with Gasteiger partial charge < -0.3 is 15.5 Å². The van der Waals surface area contributed by atoms with E-state index in [-0.39, 0.29) is 5.91 Å². The number of hydrogen-bond acceptors (Lipinski definition) is 5. The molecular formula is C18H25N5O. The lowest BCUT2D eigenvalue weighted by atomic mass is 10.1. The van der Waals surface area contributed by atoms with Gasteiger partial charge in [0.25, 0.3) is 5.91 Å². The predicted octanol–water partition coefficient (Wildman–Crippen LogP) is 1.81. The number of hydrogen-bond donors (Lipinski definition) is 2. The molecule has 0 aliphatic carbocycles. The molecule has 0 unspecified atom stereocenters. The summed E-state index contributed by atoms with van der Waals surface area (Å²) in [5.74, 6) is 0.493. The van der Waals surface area contributed by atoms with Gasteiger partial charge in [0.1, 0.15) is 5.82 Å². The second kappa shape index (κ2) is 9.62. The maximum atomic E-state index is 11.9. The lowest BCUT2D eigenvalue weighted by Gasteiger charge is -2.10. The van der Waals surface area contributed by atoms with Crippen LogP contribution in [0.15, 0.2) is 42.5 Å². The fraction of sp³-hybridized carbons (Fsp3) is 0.389. The van der Waals surface area contributed by atoms with Gasteiger partial charge in [0.15, 0.2) is 5.69 Å². The Morgan fingerprint density at radius 1 is 1.04 bits per heavy atom. The van der Waals surface area contributed by atoms with E-state index in [0.717, 1.165) is 25.9 Å². The van der Waals surface area contributed by atoms with Gasteiger partial charge in [-0.3, -0.25) is 4.79 Å². The fourth-order valence-corrected chi connectivity index (χ4v) is 2.18. The highest BCUT2D eigenvalue weighted by Crippen LogP contribution is 2.05. The molecule has 0 saturated heterocycles. The van der Waals surface area contributed by atoms with Gasteiger partial charge in [0, 0.05) is 19.6 Å². The van der Waals surface area contributed by atoms with Crippen LogP contribution in [0, 0.1) is 0 Å². The van der Waals surface area contributed by atoms with Crippen molar-refractivity contribution >= 4 is 11.7 Å². The quantitative estimate of drug-likeness (QED) is 0.688. The average molecular weight is 327 g/mol. The molecule has 0 saturated carbocycles. The Labute approximate surface area is 143 Å². The second-order valence-corrected chi connectivity index (χ2v) is 5.88. The molecule has 0 radical (unpaired) electrons. The van der Waals surface area contributed by atoms with Crippen molar-refractivity contribution in [2.24, 2.45) is 0 Å². The van der Waals surface area contributed by atoms with E-state index in [1.54, 1.807) is 12.1 Å². The number of likely N-dealkylation sites (N-methyl/N-ethyl adjacent to an activating group) is 1. The molecule has 2 rings (SSSR count). The molecule has 0 bridgehead atoms. The number of rotatable bonds is 9.